The second-order valence-corrected chi connectivity index (χ2v) is 9.68. The highest BCUT2D eigenvalue weighted by Gasteiger charge is 2.11. The Kier molecular flexibility index (Phi) is 6.63. The summed E-state index contributed by atoms with van der Waals surface area (Å²) < 4.78 is 0. The number of nitrogens with two attached hydrogens (primary N) is 2. The van der Waals surface area contributed by atoms with E-state index >= 15 is 0 Å². The number of pyridine rings is 1. The maximum Gasteiger partial charge on any atom is 0.0715 e. The SMILES string of the molecule is Nc1ccc(N)c(-c2ccc(-c3cc(-c4ccc(C5=CC=CCC=C5)cc4)cc(-c4ccccc4)n3)cc2)c1. The molecule has 0 radical (unpaired) electrons. The lowest BCUT2D eigenvalue weighted by Crippen LogP contribution is -1.94. The zero-order valence-electron chi connectivity index (χ0n) is 21.6. The number of hydrogen-bond donors (Lipinski definition) is 2. The molecule has 6 rings (SSSR count). The summed E-state index contributed by atoms with van der Waals surface area (Å²) in [4.78, 5) is 5.06. The highest BCUT2D eigenvalue weighted by molar-refractivity contribution is 5.82. The Labute approximate surface area is 229 Å². The molecule has 0 spiro atoms. The van der Waals surface area contributed by atoms with Crippen LogP contribution in [0.1, 0.15) is 12.0 Å². The second kappa shape index (κ2) is 10.7. The van der Waals surface area contributed by atoms with Crippen molar-refractivity contribution in [1.29, 1.82) is 0 Å². The molecule has 4 aromatic carbocycles. The molecule has 0 fully saturated rings. The van der Waals surface area contributed by atoms with Crippen LogP contribution >= 0.6 is 0 Å². The van der Waals surface area contributed by atoms with Crippen molar-refractivity contribution in [3.8, 4) is 44.8 Å². The van der Waals surface area contributed by atoms with Gasteiger partial charge in [0.05, 0.1) is 11.4 Å². The number of rotatable bonds is 5. The number of allylic oxidation sites excluding steroid dienone is 6. The largest absolute Gasteiger partial charge is 0.399 e. The number of anilines is 2. The van der Waals surface area contributed by atoms with Crippen LogP contribution in [0.25, 0.3) is 50.3 Å². The van der Waals surface area contributed by atoms with Crippen molar-refractivity contribution in [2.24, 2.45) is 0 Å². The smallest absolute Gasteiger partial charge is 0.0715 e. The fourth-order valence-electron chi connectivity index (χ4n) is 4.87. The summed E-state index contributed by atoms with van der Waals surface area (Å²) >= 11 is 0. The molecule has 1 aliphatic rings. The number of benzene rings is 4. The van der Waals surface area contributed by atoms with E-state index in [9.17, 15) is 0 Å². The second-order valence-electron chi connectivity index (χ2n) is 9.68. The van der Waals surface area contributed by atoms with Crippen molar-refractivity contribution in [2.45, 2.75) is 6.42 Å². The molecular formula is C36H29N3. The van der Waals surface area contributed by atoms with E-state index in [0.29, 0.717) is 11.4 Å². The third-order valence-electron chi connectivity index (χ3n) is 7.00. The van der Waals surface area contributed by atoms with Crippen LogP contribution in [-0.4, -0.2) is 4.98 Å². The minimum absolute atomic E-state index is 0.694. The zero-order chi connectivity index (χ0) is 26.6. The van der Waals surface area contributed by atoms with Gasteiger partial charge in [0.15, 0.2) is 0 Å². The Morgan fingerprint density at radius 2 is 1.18 bits per heavy atom. The van der Waals surface area contributed by atoms with Crippen molar-refractivity contribution >= 4 is 16.9 Å². The molecule has 0 saturated carbocycles. The minimum atomic E-state index is 0.694. The van der Waals surface area contributed by atoms with Gasteiger partial charge in [0.25, 0.3) is 0 Å². The van der Waals surface area contributed by atoms with Gasteiger partial charge in [-0.1, -0.05) is 109 Å². The van der Waals surface area contributed by atoms with Gasteiger partial charge in [-0.05, 0) is 64.6 Å². The summed E-state index contributed by atoms with van der Waals surface area (Å²) in [5.74, 6) is 0. The molecule has 0 unspecified atom stereocenters. The van der Waals surface area contributed by atoms with Crippen LogP contribution in [0.5, 0.6) is 0 Å². The summed E-state index contributed by atoms with van der Waals surface area (Å²) in [6.07, 6.45) is 11.8. The fourth-order valence-corrected chi connectivity index (χ4v) is 4.87. The predicted molar refractivity (Wildman–Crippen MR) is 166 cm³/mol. The molecule has 3 nitrogen and oxygen atoms in total. The van der Waals surface area contributed by atoms with Gasteiger partial charge in [-0.25, -0.2) is 4.98 Å². The normalized spacial score (nSPS) is 12.7. The van der Waals surface area contributed by atoms with Crippen molar-refractivity contribution in [1.82, 2.24) is 4.98 Å². The summed E-state index contributed by atoms with van der Waals surface area (Å²) in [7, 11) is 0. The topological polar surface area (TPSA) is 64.9 Å². The summed E-state index contributed by atoms with van der Waals surface area (Å²) in [6, 6.07) is 37.4. The Morgan fingerprint density at radius 1 is 0.538 bits per heavy atom. The maximum absolute atomic E-state index is 6.23. The third-order valence-corrected chi connectivity index (χ3v) is 7.00. The van der Waals surface area contributed by atoms with Crippen LogP contribution in [0.4, 0.5) is 11.4 Å². The van der Waals surface area contributed by atoms with E-state index < -0.39 is 0 Å². The molecule has 5 aromatic rings. The van der Waals surface area contributed by atoms with Gasteiger partial charge >= 0.3 is 0 Å². The lowest BCUT2D eigenvalue weighted by Gasteiger charge is -2.12. The van der Waals surface area contributed by atoms with E-state index in [-0.39, 0.29) is 0 Å². The van der Waals surface area contributed by atoms with Gasteiger partial charge in [-0.2, -0.15) is 0 Å². The Morgan fingerprint density at radius 3 is 1.92 bits per heavy atom. The quantitative estimate of drug-likeness (QED) is 0.236. The molecule has 1 aliphatic carbocycles. The predicted octanol–water partition coefficient (Wildman–Crippen LogP) is 8.81. The van der Waals surface area contributed by atoms with Gasteiger partial charge in [-0.15, -0.1) is 0 Å². The monoisotopic (exact) mass is 503 g/mol. The van der Waals surface area contributed by atoms with Crippen LogP contribution in [-0.2, 0) is 0 Å². The van der Waals surface area contributed by atoms with Gasteiger partial charge in [0, 0.05) is 28.1 Å². The van der Waals surface area contributed by atoms with Crippen LogP contribution < -0.4 is 11.5 Å². The molecule has 3 heteroatoms. The first-order chi connectivity index (χ1) is 19.1. The summed E-state index contributed by atoms with van der Waals surface area (Å²) in [5, 5.41) is 0. The first kappa shape index (κ1) is 24.2. The standard InChI is InChI=1S/C36H29N3/c37-32-20-21-34(38)33(24-32)28-16-18-30(19-17-28)36-23-31(22-35(39-36)29-10-6-3-7-11-29)27-14-12-26(13-15-27)25-8-4-1-2-5-9-25/h1,3-24H,2,37-38H2. The minimum Gasteiger partial charge on any atom is -0.399 e. The molecule has 39 heavy (non-hydrogen) atoms. The zero-order valence-corrected chi connectivity index (χ0v) is 21.6. The van der Waals surface area contributed by atoms with Crippen LogP contribution in [0, 0.1) is 0 Å². The van der Waals surface area contributed by atoms with E-state index in [1.807, 2.05) is 36.4 Å². The molecule has 4 N–H and O–H groups in total. The van der Waals surface area contributed by atoms with Crippen molar-refractivity contribution in [3.63, 3.8) is 0 Å². The first-order valence-electron chi connectivity index (χ1n) is 13.1. The van der Waals surface area contributed by atoms with Crippen molar-refractivity contribution in [2.75, 3.05) is 11.5 Å². The molecular weight excluding hydrogens is 474 g/mol. The van der Waals surface area contributed by atoms with E-state index in [2.05, 4.69) is 103 Å². The van der Waals surface area contributed by atoms with E-state index in [1.54, 1.807) is 0 Å². The number of nitrogen functional groups attached to an aromatic ring is 2. The van der Waals surface area contributed by atoms with Crippen molar-refractivity contribution in [3.05, 3.63) is 145 Å². The van der Waals surface area contributed by atoms with Gasteiger partial charge in [-0.3, -0.25) is 0 Å². The summed E-state index contributed by atoms with van der Waals surface area (Å²) in [6.45, 7) is 0. The average Bonchev–Trinajstić information content (AvgIpc) is 3.29. The Hall–Kier alpha value is -5.15. The number of hydrogen-bond acceptors (Lipinski definition) is 3. The van der Waals surface area contributed by atoms with Crippen LogP contribution in [0.2, 0.25) is 0 Å². The molecule has 0 amide bonds. The fraction of sp³-hybridized carbons (Fsp3) is 0.0278. The third kappa shape index (κ3) is 5.29. The number of nitrogens with zero attached hydrogens (tertiary/aromatic N) is 1. The maximum atomic E-state index is 6.23. The lowest BCUT2D eigenvalue weighted by molar-refractivity contribution is 1.32. The first-order valence-corrected chi connectivity index (χ1v) is 13.1. The molecule has 1 heterocycles. The van der Waals surface area contributed by atoms with Gasteiger partial charge in [0.2, 0.25) is 0 Å². The number of aromatic nitrogens is 1. The molecule has 0 atom stereocenters. The van der Waals surface area contributed by atoms with Crippen LogP contribution in [0.3, 0.4) is 0 Å². The van der Waals surface area contributed by atoms with Crippen LogP contribution in [0.15, 0.2) is 140 Å². The summed E-state index contributed by atoms with van der Waals surface area (Å²) in [5.41, 5.74) is 24.3. The molecule has 188 valence electrons. The Bertz CT molecular complexity index is 1710. The van der Waals surface area contributed by atoms with E-state index in [0.717, 1.165) is 51.2 Å². The molecule has 0 aliphatic heterocycles. The molecule has 0 bridgehead atoms. The van der Waals surface area contributed by atoms with E-state index in [1.165, 1.54) is 11.1 Å². The van der Waals surface area contributed by atoms with Gasteiger partial charge < -0.3 is 11.5 Å². The highest BCUT2D eigenvalue weighted by Crippen LogP contribution is 2.33. The molecule has 0 saturated heterocycles. The van der Waals surface area contributed by atoms with E-state index in [4.69, 9.17) is 16.5 Å². The van der Waals surface area contributed by atoms with Crippen molar-refractivity contribution < 1.29 is 0 Å². The lowest BCUT2D eigenvalue weighted by atomic mass is 9.96. The highest BCUT2D eigenvalue weighted by atomic mass is 14.7. The Balaban J connectivity index is 1.40. The average molecular weight is 504 g/mol. The van der Waals surface area contributed by atoms with Gasteiger partial charge in [0.1, 0.15) is 0 Å². The molecule has 1 aromatic heterocycles.